The van der Waals surface area contributed by atoms with Gasteiger partial charge in [0.1, 0.15) is 11.1 Å². The van der Waals surface area contributed by atoms with E-state index >= 15 is 0 Å². The maximum Gasteiger partial charge on any atom is 0.119 e. The molecule has 0 saturated heterocycles. The van der Waals surface area contributed by atoms with Crippen LogP contribution < -0.4 is 5.06 Å². The molecule has 31 heavy (non-hydrogen) atoms. The van der Waals surface area contributed by atoms with Gasteiger partial charge in [-0.25, -0.2) is 5.21 Å². The highest BCUT2D eigenvalue weighted by atomic mass is 16.5. The van der Waals surface area contributed by atoms with Crippen molar-refractivity contribution in [2.24, 2.45) is 0 Å². The molecule has 4 N–H and O–H groups in total. The zero-order chi connectivity index (χ0) is 25.7. The monoisotopic (exact) mass is 452 g/mol. The van der Waals surface area contributed by atoms with Crippen LogP contribution in [0, 0.1) is 0 Å². The largest absolute Gasteiger partial charge is 0.313 e. The van der Waals surface area contributed by atoms with Crippen molar-refractivity contribution in [1.29, 1.82) is 0 Å². The molecule has 0 rings (SSSR count). The second-order valence-corrected chi connectivity index (χ2v) is 14.2. The molecule has 0 aromatic rings. The van der Waals surface area contributed by atoms with E-state index in [9.17, 15) is 15.6 Å². The van der Waals surface area contributed by atoms with E-state index in [1.807, 2.05) is 125 Å². The van der Waals surface area contributed by atoms with Crippen LogP contribution in [0.25, 0.3) is 0 Å². The van der Waals surface area contributed by atoms with Crippen molar-refractivity contribution in [1.82, 2.24) is 10.1 Å². The van der Waals surface area contributed by atoms with Gasteiger partial charge in [-0.15, -0.1) is 0 Å². The second kappa shape index (κ2) is 12.3. The molecule has 0 aliphatic heterocycles. The normalized spacial score (nSPS) is 13.9. The Morgan fingerprint density at radius 1 is 0.419 bits per heavy atom. The molecule has 0 bridgehead atoms. The topological polar surface area (TPSA) is 71.6 Å². The number of nitrogens with one attached hydrogen (secondary N) is 1. The van der Waals surface area contributed by atoms with Crippen LogP contribution in [-0.2, 0) is 0 Å². The molecule has 0 aliphatic rings. The number of rotatable bonds is 0. The molecule has 0 aromatic heterocycles. The fraction of sp³-hybridized carbons (Fsp3) is 1.00. The van der Waals surface area contributed by atoms with Crippen LogP contribution in [-0.4, -0.2) is 59.0 Å². The molecule has 0 aromatic carbocycles. The van der Waals surface area contributed by atoms with Gasteiger partial charge in [0.25, 0.3) is 0 Å². The Labute approximate surface area is 196 Å². The summed E-state index contributed by atoms with van der Waals surface area (Å²) in [5.74, 6) is 0. The minimum absolute atomic E-state index is 0. The van der Waals surface area contributed by atoms with Crippen molar-refractivity contribution < 1.29 is 20.7 Å². The maximum absolute atomic E-state index is 9.64. The minimum Gasteiger partial charge on any atom is -0.313 e. The van der Waals surface area contributed by atoms with Gasteiger partial charge in [0.2, 0.25) is 0 Å². The van der Waals surface area contributed by atoms with Crippen LogP contribution in [0.5, 0.6) is 0 Å². The first-order chi connectivity index (χ1) is 12.5. The first-order valence-electron chi connectivity index (χ1n) is 11.0. The third-order valence-electron chi connectivity index (χ3n) is 3.96. The Morgan fingerprint density at radius 3 is 0.548 bits per heavy atom. The Morgan fingerprint density at radius 2 is 0.548 bits per heavy atom. The average Bonchev–Trinajstić information content (AvgIpc) is 2.40. The molecule has 0 heterocycles. The van der Waals surface area contributed by atoms with E-state index in [0.29, 0.717) is 5.06 Å². The molecule has 0 fully saturated rings. The molecule has 0 saturated carbocycles. The number of quaternary nitrogens is 1. The van der Waals surface area contributed by atoms with Crippen molar-refractivity contribution in [3.8, 4) is 0 Å². The highest BCUT2D eigenvalue weighted by Crippen LogP contribution is 2.21. The van der Waals surface area contributed by atoms with Crippen molar-refractivity contribution in [3.63, 3.8) is 0 Å². The molecule has 0 atom stereocenters. The van der Waals surface area contributed by atoms with Crippen LogP contribution in [0.4, 0.5) is 0 Å². The summed E-state index contributed by atoms with van der Waals surface area (Å²) in [6, 6.07) is 0. The van der Waals surface area contributed by atoms with Crippen molar-refractivity contribution >= 4 is 0 Å². The van der Waals surface area contributed by atoms with E-state index in [1.54, 1.807) is 0 Å². The van der Waals surface area contributed by atoms with Crippen molar-refractivity contribution in [3.05, 3.63) is 0 Å². The molecule has 0 unspecified atom stereocenters. The third-order valence-corrected chi connectivity index (χ3v) is 3.96. The summed E-state index contributed by atoms with van der Waals surface area (Å²) in [6.07, 6.45) is 0. The lowest BCUT2D eigenvalue weighted by atomic mass is 10.0. The van der Waals surface area contributed by atoms with Crippen LogP contribution in [0.3, 0.4) is 0 Å². The first kappa shape index (κ1) is 38.0. The van der Waals surface area contributed by atoms with Crippen LogP contribution in [0.2, 0.25) is 0 Å². The summed E-state index contributed by atoms with van der Waals surface area (Å²) in [7, 11) is 0. The van der Waals surface area contributed by atoms with E-state index in [0.717, 1.165) is 0 Å². The quantitative estimate of drug-likeness (QED) is 0.337. The summed E-state index contributed by atoms with van der Waals surface area (Å²) in [5.41, 5.74) is -0.844. The van der Waals surface area contributed by atoms with Crippen molar-refractivity contribution in [2.45, 2.75) is 165 Å². The van der Waals surface area contributed by atoms with E-state index in [2.05, 4.69) is 0 Å². The lowest BCUT2D eigenvalue weighted by molar-refractivity contribution is -1.16. The Kier molecular flexibility index (Phi) is 15.1. The molecule has 0 radical (unpaired) electrons. The average molecular weight is 453 g/mol. The summed E-state index contributed by atoms with van der Waals surface area (Å²) >= 11 is 0. The summed E-state index contributed by atoms with van der Waals surface area (Å²) < 4.78 is 0. The Balaban J connectivity index is -0.000000174. The number of nitrogens with zero attached hydrogens (tertiary/aromatic N) is 2. The Bertz CT molecular complexity index is 352. The van der Waals surface area contributed by atoms with Gasteiger partial charge in [-0.05, 0) is 125 Å². The molecule has 0 aliphatic carbocycles. The minimum atomic E-state index is -0.168. The molecular formula is C25H62N3O3+. The first-order valence-corrected chi connectivity index (χ1v) is 11.0. The van der Waals surface area contributed by atoms with E-state index < -0.39 is 0 Å². The number of hydrogen-bond donors (Lipinski definition) is 4. The molecule has 6 heteroatoms. The SMILES string of the molecule is C.CC(C)(C)N(O)C(C)(C)C.CC(C)(C)N(O)C(C)(C)C.CC(C)(C)[NH+](O)C(C)(C)C. The Hall–Kier alpha value is -0.240. The van der Waals surface area contributed by atoms with E-state index in [1.165, 1.54) is 10.1 Å². The standard InChI is InChI=1S/3C8H19NO.CH4/c3*1-7(2,3)9(10)8(4,5)6;/h3*10H,1-6H3;1H4/p+1. The number of hydroxylamine groups is 6. The molecule has 0 spiro atoms. The fourth-order valence-electron chi connectivity index (χ4n) is 3.14. The lowest BCUT2D eigenvalue weighted by Gasteiger charge is -2.39. The summed E-state index contributed by atoms with van der Waals surface area (Å²) in [5, 5.41) is 32.1. The predicted octanol–water partition coefficient (Wildman–Crippen LogP) is 6.04. The third kappa shape index (κ3) is 17.9. The summed E-state index contributed by atoms with van der Waals surface area (Å²) in [4.78, 5) is 0. The van der Waals surface area contributed by atoms with E-state index in [-0.39, 0.29) is 40.7 Å². The van der Waals surface area contributed by atoms with Gasteiger partial charge in [-0.2, -0.15) is 15.2 Å². The van der Waals surface area contributed by atoms with E-state index in [4.69, 9.17) is 0 Å². The van der Waals surface area contributed by atoms with Gasteiger partial charge in [-0.1, -0.05) is 7.43 Å². The van der Waals surface area contributed by atoms with Crippen LogP contribution >= 0.6 is 0 Å². The van der Waals surface area contributed by atoms with Crippen molar-refractivity contribution in [2.75, 3.05) is 0 Å². The maximum atomic E-state index is 9.64. The van der Waals surface area contributed by atoms with Gasteiger partial charge in [0.05, 0.1) is 0 Å². The van der Waals surface area contributed by atoms with Gasteiger partial charge in [-0.3, -0.25) is 0 Å². The molecular weight excluding hydrogens is 390 g/mol. The highest BCUT2D eigenvalue weighted by Gasteiger charge is 2.35. The van der Waals surface area contributed by atoms with Gasteiger partial charge >= 0.3 is 0 Å². The van der Waals surface area contributed by atoms with Gasteiger partial charge < -0.3 is 10.4 Å². The molecule has 6 nitrogen and oxygen atoms in total. The van der Waals surface area contributed by atoms with Gasteiger partial charge in [0, 0.05) is 22.2 Å². The zero-order valence-electron chi connectivity index (χ0n) is 23.7. The highest BCUT2D eigenvalue weighted by molar-refractivity contribution is 4.80. The van der Waals surface area contributed by atoms with Crippen LogP contribution in [0.15, 0.2) is 0 Å². The van der Waals surface area contributed by atoms with Crippen LogP contribution in [0.1, 0.15) is 132 Å². The predicted molar refractivity (Wildman–Crippen MR) is 135 cm³/mol. The fourth-order valence-corrected chi connectivity index (χ4v) is 3.14. The number of hydrogen-bond acceptors (Lipinski definition) is 5. The smallest absolute Gasteiger partial charge is 0.119 e. The zero-order valence-corrected chi connectivity index (χ0v) is 23.7. The lowest BCUT2D eigenvalue weighted by Crippen LogP contribution is -3.23. The molecule has 194 valence electrons. The summed E-state index contributed by atoms with van der Waals surface area (Å²) in [6.45, 7) is 35.9. The molecule has 0 amide bonds. The second-order valence-electron chi connectivity index (χ2n) is 14.2. The van der Waals surface area contributed by atoms with Gasteiger partial charge in [0.15, 0.2) is 0 Å².